The second-order valence-electron chi connectivity index (χ2n) is 8.49. The van der Waals surface area contributed by atoms with Crippen LogP contribution in [-0.2, 0) is 12.8 Å². The maximum atomic E-state index is 5.19. The number of rotatable bonds is 5. The third-order valence-corrected chi connectivity index (χ3v) is 6.26. The number of fused-ring (bicyclic) bond motifs is 1. The molecule has 0 saturated carbocycles. The van der Waals surface area contributed by atoms with Gasteiger partial charge in [-0.1, -0.05) is 72.8 Å². The number of aryl methyl sites for hydroxylation is 1. The number of nitrogens with zero attached hydrogens (tertiary/aromatic N) is 2. The molecular weight excluding hydrogens is 378 g/mol. The summed E-state index contributed by atoms with van der Waals surface area (Å²) in [5, 5.41) is 8.88. The predicted molar refractivity (Wildman–Crippen MR) is 128 cm³/mol. The molecule has 4 aromatic rings. The normalized spacial score (nSPS) is 13.5. The molecule has 0 atom stereocenters. The van der Waals surface area contributed by atoms with Crippen molar-refractivity contribution >= 4 is 5.82 Å². The first-order valence-electron chi connectivity index (χ1n) is 11.3. The van der Waals surface area contributed by atoms with Crippen LogP contribution in [0.3, 0.4) is 0 Å². The van der Waals surface area contributed by atoms with E-state index in [0.29, 0.717) is 0 Å². The molecule has 0 unspecified atom stereocenters. The minimum Gasteiger partial charge on any atom is -0.370 e. The Kier molecular flexibility index (Phi) is 5.57. The molecule has 5 rings (SSSR count). The summed E-state index contributed by atoms with van der Waals surface area (Å²) in [6.45, 7) is 3.14. The average molecular weight is 408 g/mol. The van der Waals surface area contributed by atoms with Crippen molar-refractivity contribution in [2.75, 3.05) is 11.9 Å². The molecule has 31 heavy (non-hydrogen) atoms. The van der Waals surface area contributed by atoms with Crippen LogP contribution in [0.1, 0.15) is 46.7 Å². The molecule has 0 saturated heterocycles. The van der Waals surface area contributed by atoms with E-state index in [0.717, 1.165) is 25.1 Å². The van der Waals surface area contributed by atoms with Gasteiger partial charge in [0.25, 0.3) is 0 Å². The van der Waals surface area contributed by atoms with Crippen LogP contribution in [0.5, 0.6) is 0 Å². The van der Waals surface area contributed by atoms with Gasteiger partial charge in [-0.25, -0.2) is 4.68 Å². The Hall–Kier alpha value is -3.33. The number of benzene rings is 3. The molecule has 3 aromatic carbocycles. The van der Waals surface area contributed by atoms with Gasteiger partial charge < -0.3 is 5.32 Å². The lowest BCUT2D eigenvalue weighted by molar-refractivity contribution is 0.727. The molecule has 0 fully saturated rings. The molecule has 2 heterocycles. The quantitative estimate of drug-likeness (QED) is 0.420. The molecule has 3 nitrogen and oxygen atoms in total. The summed E-state index contributed by atoms with van der Waals surface area (Å²) in [4.78, 5) is 0. The summed E-state index contributed by atoms with van der Waals surface area (Å²) >= 11 is 0. The molecule has 156 valence electrons. The SMILES string of the molecule is Cc1cccc(-n2nc(CC(c3ccccc3)c3ccccc3)c3c2NCCCC3)c1. The van der Waals surface area contributed by atoms with E-state index in [-0.39, 0.29) is 5.92 Å². The van der Waals surface area contributed by atoms with Gasteiger partial charge in [0.15, 0.2) is 0 Å². The number of anilines is 1. The van der Waals surface area contributed by atoms with Crippen LogP contribution in [0.2, 0.25) is 0 Å². The van der Waals surface area contributed by atoms with Crippen LogP contribution in [0, 0.1) is 6.92 Å². The Balaban J connectivity index is 1.60. The molecule has 0 radical (unpaired) electrons. The maximum Gasteiger partial charge on any atom is 0.133 e. The zero-order valence-electron chi connectivity index (χ0n) is 18.1. The first-order valence-corrected chi connectivity index (χ1v) is 11.3. The van der Waals surface area contributed by atoms with E-state index < -0.39 is 0 Å². The van der Waals surface area contributed by atoms with E-state index in [1.54, 1.807) is 0 Å². The van der Waals surface area contributed by atoms with Crippen molar-refractivity contribution in [2.45, 2.75) is 38.5 Å². The highest BCUT2D eigenvalue weighted by Gasteiger charge is 2.24. The van der Waals surface area contributed by atoms with Crippen molar-refractivity contribution < 1.29 is 0 Å². The van der Waals surface area contributed by atoms with Crippen molar-refractivity contribution in [2.24, 2.45) is 0 Å². The van der Waals surface area contributed by atoms with Gasteiger partial charge in [0.2, 0.25) is 0 Å². The van der Waals surface area contributed by atoms with Gasteiger partial charge in [-0.3, -0.25) is 0 Å². The molecule has 0 spiro atoms. The van der Waals surface area contributed by atoms with Crippen molar-refractivity contribution in [3.05, 3.63) is 113 Å². The molecule has 1 aromatic heterocycles. The lowest BCUT2D eigenvalue weighted by Gasteiger charge is -2.18. The van der Waals surface area contributed by atoms with Gasteiger partial charge in [0, 0.05) is 24.4 Å². The monoisotopic (exact) mass is 407 g/mol. The predicted octanol–water partition coefficient (Wildman–Crippen LogP) is 6.30. The summed E-state index contributed by atoms with van der Waals surface area (Å²) in [5.74, 6) is 1.47. The molecular formula is C28H29N3. The van der Waals surface area contributed by atoms with Crippen LogP contribution in [0.15, 0.2) is 84.9 Å². The zero-order chi connectivity index (χ0) is 21.0. The van der Waals surface area contributed by atoms with Gasteiger partial charge >= 0.3 is 0 Å². The summed E-state index contributed by atoms with van der Waals surface area (Å²) in [6, 6.07) is 30.3. The number of nitrogens with one attached hydrogen (secondary N) is 1. The Morgan fingerprint density at radius 1 is 0.871 bits per heavy atom. The summed E-state index contributed by atoms with van der Waals surface area (Å²) in [6.07, 6.45) is 4.38. The van der Waals surface area contributed by atoms with Crippen LogP contribution < -0.4 is 5.32 Å². The zero-order valence-corrected chi connectivity index (χ0v) is 18.1. The Bertz CT molecular complexity index is 1110. The van der Waals surface area contributed by atoms with Crippen molar-refractivity contribution in [3.8, 4) is 5.69 Å². The second-order valence-corrected chi connectivity index (χ2v) is 8.49. The van der Waals surface area contributed by atoms with E-state index in [2.05, 4.69) is 102 Å². The molecule has 1 aliphatic heterocycles. The Labute approximate surface area is 184 Å². The second kappa shape index (κ2) is 8.81. The standard InChI is InChI=1S/C28H29N3/c1-21-11-10-16-24(19-21)31-28-25(17-8-9-18-29-28)27(30-31)20-26(22-12-4-2-5-13-22)23-14-6-3-7-15-23/h2-7,10-16,19,26,29H,8-9,17-18,20H2,1H3. The number of aromatic nitrogens is 2. The third-order valence-electron chi connectivity index (χ3n) is 6.26. The molecule has 1 N–H and O–H groups in total. The Morgan fingerprint density at radius 2 is 1.58 bits per heavy atom. The van der Waals surface area contributed by atoms with Crippen LogP contribution in [0.25, 0.3) is 5.69 Å². The lowest BCUT2D eigenvalue weighted by atomic mass is 9.86. The fraction of sp³-hybridized carbons (Fsp3) is 0.250. The first-order chi connectivity index (χ1) is 15.3. The van der Waals surface area contributed by atoms with Crippen LogP contribution in [0.4, 0.5) is 5.82 Å². The molecule has 3 heteroatoms. The van der Waals surface area contributed by atoms with Crippen LogP contribution in [-0.4, -0.2) is 16.3 Å². The summed E-state index contributed by atoms with van der Waals surface area (Å²) in [5.41, 5.74) is 7.67. The van der Waals surface area contributed by atoms with Crippen LogP contribution >= 0.6 is 0 Å². The van der Waals surface area contributed by atoms with E-state index in [1.165, 1.54) is 46.6 Å². The minimum atomic E-state index is 0.288. The smallest absolute Gasteiger partial charge is 0.133 e. The molecule has 0 aliphatic carbocycles. The summed E-state index contributed by atoms with van der Waals surface area (Å²) in [7, 11) is 0. The van der Waals surface area contributed by atoms with E-state index in [9.17, 15) is 0 Å². The highest BCUT2D eigenvalue weighted by molar-refractivity contribution is 5.55. The highest BCUT2D eigenvalue weighted by atomic mass is 15.3. The fourth-order valence-electron chi connectivity index (χ4n) is 4.68. The van der Waals surface area contributed by atoms with E-state index >= 15 is 0 Å². The highest BCUT2D eigenvalue weighted by Crippen LogP contribution is 2.34. The van der Waals surface area contributed by atoms with Gasteiger partial charge in [-0.05, 0) is 55.0 Å². The van der Waals surface area contributed by atoms with E-state index in [4.69, 9.17) is 5.10 Å². The fourth-order valence-corrected chi connectivity index (χ4v) is 4.68. The van der Waals surface area contributed by atoms with Gasteiger partial charge in [0.05, 0.1) is 11.4 Å². The number of hydrogen-bond acceptors (Lipinski definition) is 2. The minimum absolute atomic E-state index is 0.288. The topological polar surface area (TPSA) is 29.9 Å². The number of hydrogen-bond donors (Lipinski definition) is 1. The summed E-state index contributed by atoms with van der Waals surface area (Å²) < 4.78 is 2.13. The third kappa shape index (κ3) is 4.13. The molecule has 0 bridgehead atoms. The average Bonchev–Trinajstić information content (AvgIpc) is 2.98. The van der Waals surface area contributed by atoms with E-state index in [1.807, 2.05) is 0 Å². The van der Waals surface area contributed by atoms with Crippen molar-refractivity contribution in [3.63, 3.8) is 0 Å². The van der Waals surface area contributed by atoms with Gasteiger partial charge in [0.1, 0.15) is 5.82 Å². The molecule has 1 aliphatic rings. The first kappa shape index (κ1) is 19.6. The van der Waals surface area contributed by atoms with Gasteiger partial charge in [-0.15, -0.1) is 0 Å². The van der Waals surface area contributed by atoms with Crippen molar-refractivity contribution in [1.29, 1.82) is 0 Å². The van der Waals surface area contributed by atoms with Gasteiger partial charge in [-0.2, -0.15) is 5.10 Å². The maximum absolute atomic E-state index is 5.19. The Morgan fingerprint density at radius 3 is 2.26 bits per heavy atom. The lowest BCUT2D eigenvalue weighted by Crippen LogP contribution is -2.08. The largest absolute Gasteiger partial charge is 0.370 e. The molecule has 0 amide bonds. The van der Waals surface area contributed by atoms with Crippen molar-refractivity contribution in [1.82, 2.24) is 9.78 Å².